The minimum atomic E-state index is -0.596. The largest absolute Gasteiger partial charge is 0.385 e. The maximum atomic E-state index is 12.1. The van der Waals surface area contributed by atoms with E-state index in [0.717, 1.165) is 6.42 Å². The van der Waals surface area contributed by atoms with Crippen LogP contribution in [0.15, 0.2) is 18.2 Å². The second-order valence-corrected chi connectivity index (χ2v) is 5.94. The summed E-state index contributed by atoms with van der Waals surface area (Å²) in [7, 11) is 1.62. The smallest absolute Gasteiger partial charge is 0.282 e. The lowest BCUT2D eigenvalue weighted by Gasteiger charge is -2.24. The number of nitrogens with one attached hydrogen (secondary N) is 1. The van der Waals surface area contributed by atoms with E-state index in [0.29, 0.717) is 13.2 Å². The van der Waals surface area contributed by atoms with Crippen LogP contribution in [0.3, 0.4) is 0 Å². The number of rotatable bonds is 7. The van der Waals surface area contributed by atoms with Crippen LogP contribution in [0.2, 0.25) is 5.02 Å². The summed E-state index contributed by atoms with van der Waals surface area (Å²) >= 11 is 5.81. The Morgan fingerprint density at radius 3 is 2.71 bits per heavy atom. The predicted octanol–water partition coefficient (Wildman–Crippen LogP) is 3.04. The van der Waals surface area contributed by atoms with Crippen LogP contribution in [0.5, 0.6) is 0 Å². The van der Waals surface area contributed by atoms with Crippen molar-refractivity contribution in [1.82, 2.24) is 5.32 Å². The summed E-state index contributed by atoms with van der Waals surface area (Å²) in [4.78, 5) is 22.5. The van der Waals surface area contributed by atoms with Crippen LogP contribution in [-0.4, -0.2) is 31.1 Å². The molecule has 1 rings (SSSR count). The van der Waals surface area contributed by atoms with Gasteiger partial charge in [-0.1, -0.05) is 25.4 Å². The fourth-order valence-corrected chi connectivity index (χ4v) is 1.90. The highest BCUT2D eigenvalue weighted by molar-refractivity contribution is 6.31. The standard InChI is InChI=1S/C14H19ClN2O4/c1-14(2,6-7-21-3)9-16-13(18)11-8-10(15)4-5-12(11)17(19)20/h4-5,8H,6-7,9H2,1-3H3,(H,16,18). The van der Waals surface area contributed by atoms with Gasteiger partial charge in [-0.25, -0.2) is 0 Å². The molecule has 0 aliphatic heterocycles. The minimum absolute atomic E-state index is 0.0324. The molecule has 116 valence electrons. The number of benzene rings is 1. The van der Waals surface area contributed by atoms with E-state index in [9.17, 15) is 14.9 Å². The van der Waals surface area contributed by atoms with Crippen molar-refractivity contribution in [3.8, 4) is 0 Å². The van der Waals surface area contributed by atoms with E-state index in [2.05, 4.69) is 5.32 Å². The van der Waals surface area contributed by atoms with Crippen LogP contribution in [0.1, 0.15) is 30.6 Å². The Morgan fingerprint density at radius 1 is 1.48 bits per heavy atom. The first-order valence-corrected chi connectivity index (χ1v) is 6.86. The fraction of sp³-hybridized carbons (Fsp3) is 0.500. The third-order valence-corrected chi connectivity index (χ3v) is 3.35. The summed E-state index contributed by atoms with van der Waals surface area (Å²) in [6.07, 6.45) is 0.765. The van der Waals surface area contributed by atoms with Crippen LogP contribution in [0, 0.1) is 15.5 Å². The molecule has 0 atom stereocenters. The molecule has 0 bridgehead atoms. The van der Waals surface area contributed by atoms with Gasteiger partial charge in [-0.15, -0.1) is 0 Å². The average molecular weight is 315 g/mol. The fourth-order valence-electron chi connectivity index (χ4n) is 1.73. The summed E-state index contributed by atoms with van der Waals surface area (Å²) < 4.78 is 5.02. The van der Waals surface area contributed by atoms with Gasteiger partial charge in [0.25, 0.3) is 11.6 Å². The van der Waals surface area contributed by atoms with E-state index in [1.54, 1.807) is 7.11 Å². The van der Waals surface area contributed by atoms with Gasteiger partial charge in [0, 0.05) is 31.4 Å². The molecule has 0 radical (unpaired) electrons. The molecule has 0 heterocycles. The molecule has 0 saturated carbocycles. The molecular formula is C14H19ClN2O4. The number of amides is 1. The van der Waals surface area contributed by atoms with Crippen LogP contribution in [0.4, 0.5) is 5.69 Å². The highest BCUT2D eigenvalue weighted by Gasteiger charge is 2.23. The topological polar surface area (TPSA) is 81.5 Å². The normalized spacial score (nSPS) is 11.2. The van der Waals surface area contributed by atoms with Crippen molar-refractivity contribution < 1.29 is 14.5 Å². The van der Waals surface area contributed by atoms with Gasteiger partial charge in [-0.2, -0.15) is 0 Å². The summed E-state index contributed by atoms with van der Waals surface area (Å²) in [5.74, 6) is -0.505. The number of nitrogens with zero attached hydrogens (tertiary/aromatic N) is 1. The third-order valence-electron chi connectivity index (χ3n) is 3.11. The molecule has 1 aromatic carbocycles. The Balaban J connectivity index is 2.80. The van der Waals surface area contributed by atoms with Crippen molar-refractivity contribution in [3.05, 3.63) is 38.9 Å². The van der Waals surface area contributed by atoms with Gasteiger partial charge < -0.3 is 10.1 Å². The molecule has 0 unspecified atom stereocenters. The maximum absolute atomic E-state index is 12.1. The number of nitro groups is 1. The number of carbonyl (C=O) groups is 1. The van der Waals surface area contributed by atoms with E-state index in [-0.39, 0.29) is 21.7 Å². The molecule has 0 aromatic heterocycles. The molecule has 0 spiro atoms. The molecule has 7 heteroatoms. The molecule has 0 aliphatic carbocycles. The van der Waals surface area contributed by atoms with E-state index in [1.807, 2.05) is 13.8 Å². The molecule has 1 N–H and O–H groups in total. The number of carbonyl (C=O) groups excluding carboxylic acids is 1. The first kappa shape index (κ1) is 17.4. The molecule has 0 aliphatic rings. The third kappa shape index (κ3) is 5.32. The number of halogens is 1. The number of ether oxygens (including phenoxy) is 1. The van der Waals surface area contributed by atoms with Gasteiger partial charge in [-0.3, -0.25) is 14.9 Å². The van der Waals surface area contributed by atoms with Crippen molar-refractivity contribution in [2.45, 2.75) is 20.3 Å². The van der Waals surface area contributed by atoms with Crippen LogP contribution >= 0.6 is 11.6 Å². The zero-order valence-electron chi connectivity index (χ0n) is 12.3. The van der Waals surface area contributed by atoms with Crippen LogP contribution in [-0.2, 0) is 4.74 Å². The molecule has 0 saturated heterocycles. The van der Waals surface area contributed by atoms with E-state index in [4.69, 9.17) is 16.3 Å². The summed E-state index contributed by atoms with van der Waals surface area (Å²) in [5.41, 5.74) is -0.458. The Morgan fingerprint density at radius 2 is 2.14 bits per heavy atom. The second kappa shape index (κ2) is 7.38. The summed E-state index contributed by atoms with van der Waals surface area (Å²) in [6.45, 7) is 4.94. The Bertz CT molecular complexity index is 532. The number of nitro benzene ring substituents is 1. The highest BCUT2D eigenvalue weighted by atomic mass is 35.5. The number of hydrogen-bond donors (Lipinski definition) is 1. The Labute approximate surface area is 128 Å². The minimum Gasteiger partial charge on any atom is -0.385 e. The van der Waals surface area contributed by atoms with Gasteiger partial charge >= 0.3 is 0 Å². The van der Waals surface area contributed by atoms with E-state index >= 15 is 0 Å². The Kier molecular flexibility index (Phi) is 6.11. The van der Waals surface area contributed by atoms with Crippen LogP contribution < -0.4 is 5.32 Å². The molecule has 1 aromatic rings. The molecular weight excluding hydrogens is 296 g/mol. The molecule has 6 nitrogen and oxygen atoms in total. The van der Waals surface area contributed by atoms with E-state index < -0.39 is 10.8 Å². The lowest BCUT2D eigenvalue weighted by molar-refractivity contribution is -0.385. The highest BCUT2D eigenvalue weighted by Crippen LogP contribution is 2.23. The van der Waals surface area contributed by atoms with Crippen molar-refractivity contribution in [3.63, 3.8) is 0 Å². The monoisotopic (exact) mass is 314 g/mol. The van der Waals surface area contributed by atoms with Crippen molar-refractivity contribution in [2.24, 2.45) is 5.41 Å². The van der Waals surface area contributed by atoms with Crippen LogP contribution in [0.25, 0.3) is 0 Å². The number of hydrogen-bond acceptors (Lipinski definition) is 4. The lowest BCUT2D eigenvalue weighted by Crippen LogP contribution is -2.35. The zero-order chi connectivity index (χ0) is 16.0. The maximum Gasteiger partial charge on any atom is 0.282 e. The quantitative estimate of drug-likeness (QED) is 0.619. The molecule has 21 heavy (non-hydrogen) atoms. The summed E-state index contributed by atoms with van der Waals surface area (Å²) in [5, 5.41) is 13.9. The van der Waals surface area contributed by atoms with Gasteiger partial charge in [0.15, 0.2) is 0 Å². The zero-order valence-corrected chi connectivity index (χ0v) is 13.1. The SMILES string of the molecule is COCCC(C)(C)CNC(=O)c1cc(Cl)ccc1[N+](=O)[O-]. The van der Waals surface area contributed by atoms with Gasteiger partial charge in [0.1, 0.15) is 5.56 Å². The Hall–Kier alpha value is -1.66. The van der Waals surface area contributed by atoms with Crippen molar-refractivity contribution >= 4 is 23.2 Å². The van der Waals surface area contributed by atoms with E-state index in [1.165, 1.54) is 18.2 Å². The van der Waals surface area contributed by atoms with Gasteiger partial charge in [0.05, 0.1) is 4.92 Å². The first-order valence-electron chi connectivity index (χ1n) is 6.48. The molecule has 0 fully saturated rings. The van der Waals surface area contributed by atoms with Crippen molar-refractivity contribution in [2.75, 3.05) is 20.3 Å². The summed E-state index contributed by atoms with van der Waals surface area (Å²) in [6, 6.07) is 3.92. The van der Waals surface area contributed by atoms with Gasteiger partial charge in [0.2, 0.25) is 0 Å². The average Bonchev–Trinajstić information content (AvgIpc) is 2.42. The second-order valence-electron chi connectivity index (χ2n) is 5.51. The predicted molar refractivity (Wildman–Crippen MR) is 80.7 cm³/mol. The molecule has 1 amide bonds. The first-order chi connectivity index (χ1) is 9.76. The van der Waals surface area contributed by atoms with Crippen molar-refractivity contribution in [1.29, 1.82) is 0 Å². The number of methoxy groups -OCH3 is 1. The van der Waals surface area contributed by atoms with Gasteiger partial charge in [-0.05, 0) is 24.0 Å². The lowest BCUT2D eigenvalue weighted by atomic mass is 9.89.